The fraction of sp³-hybridized carbons (Fsp3) is 0.800. The number of hydrogen-bond donors (Lipinski definition) is 2. The highest BCUT2D eigenvalue weighted by atomic mass is 16.5. The zero-order valence-electron chi connectivity index (χ0n) is 9.89. The summed E-state index contributed by atoms with van der Waals surface area (Å²) in [6, 6.07) is 0. The van der Waals surface area contributed by atoms with Crippen molar-refractivity contribution in [1.29, 1.82) is 0 Å². The van der Waals surface area contributed by atoms with E-state index in [0.29, 0.717) is 19.7 Å². The van der Waals surface area contributed by atoms with Gasteiger partial charge in [-0.2, -0.15) is 0 Å². The molecule has 16 heavy (non-hydrogen) atoms. The lowest BCUT2D eigenvalue weighted by Crippen LogP contribution is -2.18. The number of hydrogen-bond acceptors (Lipinski definition) is 5. The van der Waals surface area contributed by atoms with Crippen LogP contribution in [-0.2, 0) is 17.8 Å². The molecule has 1 heterocycles. The van der Waals surface area contributed by atoms with Crippen LogP contribution in [-0.4, -0.2) is 47.0 Å². The van der Waals surface area contributed by atoms with Crippen LogP contribution in [0.15, 0.2) is 6.20 Å². The lowest BCUT2D eigenvalue weighted by Gasteiger charge is -2.05. The maximum Gasteiger partial charge on any atom is 0.0964 e. The Kier molecular flexibility index (Phi) is 5.99. The minimum absolute atomic E-state index is 0.168. The van der Waals surface area contributed by atoms with Gasteiger partial charge in [-0.05, 0) is 5.92 Å². The Hall–Kier alpha value is -0.980. The van der Waals surface area contributed by atoms with Gasteiger partial charge in [0.1, 0.15) is 0 Å². The quantitative estimate of drug-likeness (QED) is 0.595. The van der Waals surface area contributed by atoms with Gasteiger partial charge in [-0.3, -0.25) is 4.68 Å². The van der Waals surface area contributed by atoms with Crippen LogP contribution in [0.25, 0.3) is 0 Å². The number of aromatic nitrogens is 3. The first kappa shape index (κ1) is 13.1. The van der Waals surface area contributed by atoms with E-state index in [0.717, 1.165) is 12.2 Å². The van der Waals surface area contributed by atoms with E-state index in [2.05, 4.69) is 15.6 Å². The first-order chi connectivity index (χ1) is 7.76. The summed E-state index contributed by atoms with van der Waals surface area (Å²) in [5.74, 6) is 0.205. The summed E-state index contributed by atoms with van der Waals surface area (Å²) in [4.78, 5) is 0. The summed E-state index contributed by atoms with van der Waals surface area (Å²) >= 11 is 0. The summed E-state index contributed by atoms with van der Waals surface area (Å²) in [6.07, 6.45) is 1.89. The fourth-order valence-electron chi connectivity index (χ4n) is 1.28. The first-order valence-corrected chi connectivity index (χ1v) is 5.45. The Balaban J connectivity index is 2.28. The van der Waals surface area contributed by atoms with Gasteiger partial charge < -0.3 is 15.2 Å². The van der Waals surface area contributed by atoms with Crippen molar-refractivity contribution in [3.05, 3.63) is 11.9 Å². The van der Waals surface area contributed by atoms with Crippen LogP contribution in [0.4, 0.5) is 0 Å². The molecule has 0 spiro atoms. The molecule has 2 N–H and O–H groups in total. The lowest BCUT2D eigenvalue weighted by atomic mass is 10.2. The molecule has 6 heteroatoms. The van der Waals surface area contributed by atoms with Crippen LogP contribution in [0.5, 0.6) is 0 Å². The Morgan fingerprint density at radius 2 is 2.44 bits per heavy atom. The zero-order chi connectivity index (χ0) is 11.8. The van der Waals surface area contributed by atoms with Crippen molar-refractivity contribution < 1.29 is 9.84 Å². The van der Waals surface area contributed by atoms with Gasteiger partial charge in [-0.25, -0.2) is 0 Å². The minimum Gasteiger partial charge on any atom is -0.396 e. The van der Waals surface area contributed by atoms with Crippen molar-refractivity contribution in [2.24, 2.45) is 5.92 Å². The van der Waals surface area contributed by atoms with Gasteiger partial charge in [-0.15, -0.1) is 5.10 Å². The highest BCUT2D eigenvalue weighted by Gasteiger charge is 2.04. The Morgan fingerprint density at radius 3 is 3.12 bits per heavy atom. The van der Waals surface area contributed by atoms with E-state index in [1.165, 1.54) is 0 Å². The van der Waals surface area contributed by atoms with Gasteiger partial charge in [-0.1, -0.05) is 12.1 Å². The molecular weight excluding hydrogens is 208 g/mol. The summed E-state index contributed by atoms with van der Waals surface area (Å²) in [6.45, 7) is 5.02. The molecule has 6 nitrogen and oxygen atoms in total. The number of rotatable bonds is 8. The maximum atomic E-state index is 8.92. The van der Waals surface area contributed by atoms with Crippen LogP contribution in [0.2, 0.25) is 0 Å². The smallest absolute Gasteiger partial charge is 0.0964 e. The Bertz CT molecular complexity index is 290. The molecule has 1 rings (SSSR count). The average molecular weight is 228 g/mol. The summed E-state index contributed by atoms with van der Waals surface area (Å²) in [5.41, 5.74) is 0.904. The third-order valence-electron chi connectivity index (χ3n) is 2.19. The van der Waals surface area contributed by atoms with Crippen LogP contribution in [0, 0.1) is 5.92 Å². The van der Waals surface area contributed by atoms with Crippen molar-refractivity contribution in [2.75, 3.05) is 26.9 Å². The predicted octanol–water partition coefficient (Wildman–Crippen LogP) is -0.357. The third-order valence-corrected chi connectivity index (χ3v) is 2.19. The molecule has 1 aromatic rings. The second kappa shape index (κ2) is 7.32. The molecule has 0 amide bonds. The van der Waals surface area contributed by atoms with E-state index < -0.39 is 0 Å². The van der Waals surface area contributed by atoms with Crippen molar-refractivity contribution in [2.45, 2.75) is 20.0 Å². The standard InChI is InChI=1S/C10H20N4O2/c1-9(8-15)6-14-7-10(12-13-14)5-11-3-4-16-2/h7,9,11,15H,3-6,8H2,1-2H3. The van der Waals surface area contributed by atoms with Gasteiger partial charge >= 0.3 is 0 Å². The molecule has 1 atom stereocenters. The highest BCUT2D eigenvalue weighted by Crippen LogP contribution is 1.99. The molecule has 92 valence electrons. The molecular formula is C10H20N4O2. The highest BCUT2D eigenvalue weighted by molar-refractivity contribution is 4.91. The van der Waals surface area contributed by atoms with E-state index in [9.17, 15) is 0 Å². The largest absolute Gasteiger partial charge is 0.396 e. The molecule has 0 fully saturated rings. The normalized spacial score (nSPS) is 12.9. The zero-order valence-corrected chi connectivity index (χ0v) is 9.89. The number of ether oxygens (including phenoxy) is 1. The number of nitrogens with zero attached hydrogens (tertiary/aromatic N) is 3. The second-order valence-corrected chi connectivity index (χ2v) is 3.89. The van der Waals surface area contributed by atoms with Crippen molar-refractivity contribution in [1.82, 2.24) is 20.3 Å². The topological polar surface area (TPSA) is 72.2 Å². The Morgan fingerprint density at radius 1 is 1.62 bits per heavy atom. The average Bonchev–Trinajstić information content (AvgIpc) is 2.72. The van der Waals surface area contributed by atoms with Crippen LogP contribution in [0.1, 0.15) is 12.6 Å². The molecule has 0 aliphatic rings. The summed E-state index contributed by atoms with van der Waals surface area (Å²) in [7, 11) is 1.67. The molecule has 0 saturated heterocycles. The van der Waals surface area contributed by atoms with Crippen LogP contribution < -0.4 is 5.32 Å². The monoisotopic (exact) mass is 228 g/mol. The van der Waals surface area contributed by atoms with E-state index >= 15 is 0 Å². The van der Waals surface area contributed by atoms with Crippen molar-refractivity contribution >= 4 is 0 Å². The Labute approximate surface area is 95.6 Å². The summed E-state index contributed by atoms with van der Waals surface area (Å²) in [5, 5.41) is 20.1. The fourth-order valence-corrected chi connectivity index (χ4v) is 1.28. The van der Waals surface area contributed by atoms with Gasteiger partial charge in [0.25, 0.3) is 0 Å². The molecule has 1 unspecified atom stereocenters. The van der Waals surface area contributed by atoms with E-state index in [4.69, 9.17) is 9.84 Å². The van der Waals surface area contributed by atoms with Crippen molar-refractivity contribution in [3.8, 4) is 0 Å². The van der Waals surface area contributed by atoms with Gasteiger partial charge in [0.2, 0.25) is 0 Å². The number of methoxy groups -OCH3 is 1. The van der Waals surface area contributed by atoms with E-state index in [1.54, 1.807) is 11.8 Å². The number of nitrogens with one attached hydrogen (secondary N) is 1. The maximum absolute atomic E-state index is 8.92. The lowest BCUT2D eigenvalue weighted by molar-refractivity contribution is 0.199. The van der Waals surface area contributed by atoms with Crippen LogP contribution in [0.3, 0.4) is 0 Å². The minimum atomic E-state index is 0.168. The SMILES string of the molecule is COCCNCc1cn(CC(C)CO)nn1. The molecule has 0 aliphatic carbocycles. The molecule has 0 saturated carbocycles. The van der Waals surface area contributed by atoms with E-state index in [1.807, 2.05) is 13.1 Å². The van der Waals surface area contributed by atoms with Gasteiger partial charge in [0.05, 0.1) is 12.3 Å². The van der Waals surface area contributed by atoms with Crippen LogP contribution >= 0.6 is 0 Å². The molecule has 0 bridgehead atoms. The summed E-state index contributed by atoms with van der Waals surface area (Å²) < 4.78 is 6.68. The second-order valence-electron chi connectivity index (χ2n) is 3.89. The molecule has 0 aliphatic heterocycles. The molecule has 0 aromatic carbocycles. The molecule has 0 radical (unpaired) electrons. The van der Waals surface area contributed by atoms with Gasteiger partial charge in [0, 0.05) is 39.5 Å². The van der Waals surface area contributed by atoms with Gasteiger partial charge in [0.15, 0.2) is 0 Å². The molecule has 1 aromatic heterocycles. The first-order valence-electron chi connectivity index (χ1n) is 5.45. The third kappa shape index (κ3) is 4.69. The van der Waals surface area contributed by atoms with Crippen molar-refractivity contribution in [3.63, 3.8) is 0 Å². The van der Waals surface area contributed by atoms with E-state index in [-0.39, 0.29) is 12.5 Å². The predicted molar refractivity (Wildman–Crippen MR) is 59.9 cm³/mol. The number of aliphatic hydroxyl groups excluding tert-OH is 1. The number of aliphatic hydroxyl groups is 1.